The highest BCUT2D eigenvalue weighted by Gasteiger charge is 2.40. The van der Waals surface area contributed by atoms with Gasteiger partial charge in [0, 0.05) is 45.1 Å². The van der Waals surface area contributed by atoms with E-state index >= 15 is 0 Å². The van der Waals surface area contributed by atoms with E-state index in [1.165, 1.54) is 0 Å². The van der Waals surface area contributed by atoms with E-state index < -0.39 is 67.4 Å². The zero-order valence-electron chi connectivity index (χ0n) is 23.8. The molecule has 1 aliphatic carbocycles. The van der Waals surface area contributed by atoms with Gasteiger partial charge in [0.1, 0.15) is 12.2 Å². The number of ether oxygens (including phenoxy) is 3. The lowest BCUT2D eigenvalue weighted by atomic mass is 9.86. The van der Waals surface area contributed by atoms with Gasteiger partial charge in [-0.3, -0.25) is 0 Å². The summed E-state index contributed by atoms with van der Waals surface area (Å²) in [6.07, 6.45) is -3.79. The van der Waals surface area contributed by atoms with Crippen molar-refractivity contribution in [1.29, 1.82) is 0 Å². The molecule has 11 atom stereocenters. The molecule has 0 bridgehead atoms. The van der Waals surface area contributed by atoms with Crippen molar-refractivity contribution in [3.05, 3.63) is 0 Å². The topological polar surface area (TPSA) is 286 Å². The fourth-order valence-corrected chi connectivity index (χ4v) is 4.87. The van der Waals surface area contributed by atoms with Gasteiger partial charge in [0.25, 0.3) is 0 Å². The molecule has 0 radical (unpaired) electrons. The van der Waals surface area contributed by atoms with Crippen LogP contribution in [0.1, 0.15) is 38.5 Å². The third-order valence-corrected chi connectivity index (χ3v) is 7.09. The van der Waals surface area contributed by atoms with E-state index in [0.717, 1.165) is 7.11 Å². The largest absolute Gasteiger partial charge is 0.400 e. The van der Waals surface area contributed by atoms with E-state index in [-0.39, 0.29) is 32.3 Å². The first-order valence-corrected chi connectivity index (χ1v) is 14.2. The molecule has 2 heterocycles. The molecular weight excluding hydrogens is 548 g/mol. The lowest BCUT2D eigenvalue weighted by Crippen LogP contribution is -2.58. The van der Waals surface area contributed by atoms with Gasteiger partial charge in [0.2, 0.25) is 0 Å². The Morgan fingerprint density at radius 3 is 2.20 bits per heavy atom. The molecule has 0 aromatic rings. The van der Waals surface area contributed by atoms with Gasteiger partial charge in [-0.2, -0.15) is 0 Å². The summed E-state index contributed by atoms with van der Waals surface area (Å²) < 4.78 is 16.4. The lowest BCUT2D eigenvalue weighted by Gasteiger charge is -2.42. The van der Waals surface area contributed by atoms with Gasteiger partial charge in [-0.25, -0.2) is 0 Å². The first-order valence-electron chi connectivity index (χ1n) is 14.2. The molecule has 2 saturated heterocycles. The maximum absolute atomic E-state index is 10.5. The summed E-state index contributed by atoms with van der Waals surface area (Å²) in [6, 6.07) is -1.03. The normalized spacial score (nSPS) is 36.5. The maximum atomic E-state index is 10.5. The molecule has 0 amide bonds. The van der Waals surface area contributed by atoms with Crippen molar-refractivity contribution in [2.75, 3.05) is 46.6 Å². The molecule has 8 unspecified atom stereocenters. The minimum Gasteiger partial charge on any atom is -0.400 e. The minimum absolute atomic E-state index is 0.109. The summed E-state index contributed by atoms with van der Waals surface area (Å²) in [6.45, 7) is 0.834. The molecule has 2 aliphatic heterocycles. The molecular formula is C25H54N4O12. The standard InChI is InChI=1S/C19H40N4O7.C5H10O4.CH4O/c20-4-3-13(26)7-22-8-17-15(27)1-2-18(29-17)30-19-14(21)5-11(6-16(19)28)23-12(9-24)10-25;6-3-1-4(7)5(8)9-2-3;1-2/h11-19,22-28H,1-10,20-21H2;3-8H,1-2H2;2H,1H3/t11?,13?,14?,15-,16?,17?,18+,19+;;/m0../s1. The van der Waals surface area contributed by atoms with E-state index in [1.54, 1.807) is 0 Å². The summed E-state index contributed by atoms with van der Waals surface area (Å²) in [5, 5.41) is 88.4. The van der Waals surface area contributed by atoms with Crippen molar-refractivity contribution in [1.82, 2.24) is 10.6 Å². The zero-order chi connectivity index (χ0) is 30.9. The summed E-state index contributed by atoms with van der Waals surface area (Å²) in [7, 11) is 1.00. The van der Waals surface area contributed by atoms with Crippen molar-refractivity contribution in [2.45, 2.75) is 112 Å². The average molecular weight is 603 g/mol. The highest BCUT2D eigenvalue weighted by atomic mass is 16.7. The monoisotopic (exact) mass is 602 g/mol. The van der Waals surface area contributed by atoms with Crippen LogP contribution in [0, 0.1) is 0 Å². The third kappa shape index (κ3) is 14.1. The Kier molecular flexibility index (Phi) is 19.8. The Labute approximate surface area is 241 Å². The van der Waals surface area contributed by atoms with E-state index in [2.05, 4.69) is 15.4 Å². The Morgan fingerprint density at radius 1 is 0.951 bits per heavy atom. The van der Waals surface area contributed by atoms with E-state index in [4.69, 9.17) is 41.4 Å². The van der Waals surface area contributed by atoms with Crippen LogP contribution in [0.15, 0.2) is 0 Å². The fraction of sp³-hybridized carbons (Fsp3) is 1.00. The van der Waals surface area contributed by atoms with Gasteiger partial charge in [0.05, 0.1) is 56.4 Å². The molecule has 16 nitrogen and oxygen atoms in total. The Balaban J connectivity index is 0.000000641. The van der Waals surface area contributed by atoms with E-state index in [1.807, 2.05) is 0 Å². The van der Waals surface area contributed by atoms with Gasteiger partial charge in [0.15, 0.2) is 12.6 Å². The quantitative estimate of drug-likeness (QED) is 0.0990. The number of hydrogen-bond acceptors (Lipinski definition) is 16. The number of aliphatic hydroxyl groups is 9. The SMILES string of the molecule is CO.NCCC(O)CNCC1O[C@H](O[C@@H]2C(N)CC(NC(CO)CO)CC2O)CC[C@@H]1O.OC1COC(O)C(O)C1. The van der Waals surface area contributed by atoms with Crippen molar-refractivity contribution in [3.63, 3.8) is 0 Å². The van der Waals surface area contributed by atoms with Crippen LogP contribution in [0.3, 0.4) is 0 Å². The average Bonchev–Trinajstić information content (AvgIpc) is 2.94. The van der Waals surface area contributed by atoms with Crippen LogP contribution >= 0.6 is 0 Å². The minimum atomic E-state index is -1.12. The smallest absolute Gasteiger partial charge is 0.181 e. The van der Waals surface area contributed by atoms with Gasteiger partial charge >= 0.3 is 0 Å². The molecule has 3 fully saturated rings. The number of nitrogens with one attached hydrogen (secondary N) is 2. The third-order valence-electron chi connectivity index (χ3n) is 7.09. The predicted octanol–water partition coefficient (Wildman–Crippen LogP) is -5.61. The van der Waals surface area contributed by atoms with Crippen LogP contribution in [0.2, 0.25) is 0 Å². The number of rotatable bonds is 12. The highest BCUT2D eigenvalue weighted by Crippen LogP contribution is 2.27. The molecule has 3 aliphatic rings. The number of hydrogen-bond donors (Lipinski definition) is 13. The van der Waals surface area contributed by atoms with Crippen LogP contribution in [-0.4, -0.2) is 166 Å². The lowest BCUT2D eigenvalue weighted by molar-refractivity contribution is -0.255. The van der Waals surface area contributed by atoms with Crippen LogP contribution in [0.5, 0.6) is 0 Å². The number of aliphatic hydroxyl groups excluding tert-OH is 9. The van der Waals surface area contributed by atoms with Crippen molar-refractivity contribution < 1.29 is 60.2 Å². The van der Waals surface area contributed by atoms with Gasteiger partial charge in [-0.1, -0.05) is 0 Å². The summed E-state index contributed by atoms with van der Waals surface area (Å²) >= 11 is 0. The maximum Gasteiger partial charge on any atom is 0.181 e. The molecule has 0 aromatic heterocycles. The molecule has 3 rings (SSSR count). The molecule has 0 spiro atoms. The molecule has 1 saturated carbocycles. The first-order chi connectivity index (χ1) is 19.6. The highest BCUT2D eigenvalue weighted by molar-refractivity contribution is 4.94. The van der Waals surface area contributed by atoms with E-state index in [9.17, 15) is 25.5 Å². The summed E-state index contributed by atoms with van der Waals surface area (Å²) in [5.74, 6) is 0. The second kappa shape index (κ2) is 21.1. The van der Waals surface area contributed by atoms with Gasteiger partial charge in [-0.15, -0.1) is 0 Å². The Morgan fingerprint density at radius 2 is 1.63 bits per heavy atom. The molecule has 0 aromatic carbocycles. The Bertz CT molecular complexity index is 644. The second-order valence-corrected chi connectivity index (χ2v) is 10.5. The Hall–Kier alpha value is -0.640. The van der Waals surface area contributed by atoms with Crippen LogP contribution in [0.4, 0.5) is 0 Å². The molecule has 41 heavy (non-hydrogen) atoms. The van der Waals surface area contributed by atoms with Crippen LogP contribution in [-0.2, 0) is 14.2 Å². The fourth-order valence-electron chi connectivity index (χ4n) is 4.87. The van der Waals surface area contributed by atoms with Crippen LogP contribution < -0.4 is 22.1 Å². The van der Waals surface area contributed by atoms with Crippen molar-refractivity contribution in [2.24, 2.45) is 11.5 Å². The number of nitrogens with two attached hydrogens (primary N) is 2. The summed E-state index contributed by atoms with van der Waals surface area (Å²) in [5.41, 5.74) is 11.7. The van der Waals surface area contributed by atoms with Crippen LogP contribution in [0.25, 0.3) is 0 Å². The van der Waals surface area contributed by atoms with Gasteiger partial charge < -0.3 is 82.3 Å². The molecule has 16 heteroatoms. The molecule has 246 valence electrons. The van der Waals surface area contributed by atoms with Crippen molar-refractivity contribution in [3.8, 4) is 0 Å². The zero-order valence-corrected chi connectivity index (χ0v) is 23.8. The summed E-state index contributed by atoms with van der Waals surface area (Å²) in [4.78, 5) is 0. The second-order valence-electron chi connectivity index (χ2n) is 10.5. The molecule has 15 N–H and O–H groups in total. The van der Waals surface area contributed by atoms with Crippen molar-refractivity contribution >= 4 is 0 Å². The van der Waals surface area contributed by atoms with Gasteiger partial charge in [-0.05, 0) is 32.2 Å². The first kappa shape index (κ1) is 38.4. The predicted molar refractivity (Wildman–Crippen MR) is 146 cm³/mol. The van der Waals surface area contributed by atoms with E-state index in [0.29, 0.717) is 51.7 Å².